The van der Waals surface area contributed by atoms with Crippen LogP contribution in [0.25, 0.3) is 0 Å². The second kappa shape index (κ2) is 5.19. The van der Waals surface area contributed by atoms with Crippen LogP contribution in [0.5, 0.6) is 0 Å². The lowest BCUT2D eigenvalue weighted by Crippen LogP contribution is -2.59. The molecular formula is C15H24N2O4. The molecule has 2 unspecified atom stereocenters. The Balaban J connectivity index is 1.43. The summed E-state index contributed by atoms with van der Waals surface area (Å²) >= 11 is 0. The molecule has 3 aliphatic heterocycles. The fourth-order valence-electron chi connectivity index (χ4n) is 4.13. The average Bonchev–Trinajstić information content (AvgIpc) is 3.02. The number of hydrogen-bond donors (Lipinski definition) is 0. The first-order valence-electron chi connectivity index (χ1n) is 7.95. The molecule has 0 radical (unpaired) electrons. The number of likely N-dealkylation sites (N-methyl/N-ethyl adjacent to an activating group) is 1. The van der Waals surface area contributed by atoms with E-state index >= 15 is 0 Å². The van der Waals surface area contributed by atoms with Gasteiger partial charge in [0.05, 0.1) is 39.6 Å². The molecule has 118 valence electrons. The molecule has 0 bridgehead atoms. The molecule has 1 amide bonds. The Labute approximate surface area is 125 Å². The van der Waals surface area contributed by atoms with Crippen molar-refractivity contribution in [3.8, 4) is 0 Å². The number of ether oxygens (including phenoxy) is 3. The van der Waals surface area contributed by atoms with Crippen LogP contribution in [-0.4, -0.2) is 87.6 Å². The van der Waals surface area contributed by atoms with Crippen LogP contribution in [0, 0.1) is 17.8 Å². The third-order valence-corrected chi connectivity index (χ3v) is 5.34. The van der Waals surface area contributed by atoms with Gasteiger partial charge in [-0.3, -0.25) is 4.79 Å². The normalized spacial score (nSPS) is 43.7. The first-order valence-corrected chi connectivity index (χ1v) is 7.95. The Kier molecular flexibility index (Phi) is 3.45. The summed E-state index contributed by atoms with van der Waals surface area (Å²) in [5, 5.41) is 0. The SMILES string of the molecule is CN1CCOCC2(C1)CN(C(=O)C1[C@H]3COC[C@@H]13)CCO2. The van der Waals surface area contributed by atoms with Crippen LogP contribution in [0.4, 0.5) is 0 Å². The molecular weight excluding hydrogens is 272 g/mol. The molecule has 4 aliphatic rings. The lowest BCUT2D eigenvalue weighted by atomic mass is 10.0. The Hall–Kier alpha value is -0.690. The Morgan fingerprint density at radius 1 is 1.10 bits per heavy atom. The number of carbonyl (C=O) groups is 1. The average molecular weight is 296 g/mol. The van der Waals surface area contributed by atoms with Gasteiger partial charge in [-0.25, -0.2) is 0 Å². The second-order valence-corrected chi connectivity index (χ2v) is 6.97. The first kappa shape index (κ1) is 13.9. The summed E-state index contributed by atoms with van der Waals surface area (Å²) < 4.78 is 17.2. The zero-order valence-corrected chi connectivity index (χ0v) is 12.6. The summed E-state index contributed by atoms with van der Waals surface area (Å²) in [4.78, 5) is 17.0. The van der Waals surface area contributed by atoms with Crippen molar-refractivity contribution in [3.63, 3.8) is 0 Å². The van der Waals surface area contributed by atoms with E-state index in [9.17, 15) is 4.79 Å². The molecule has 4 fully saturated rings. The largest absolute Gasteiger partial charge is 0.381 e. The summed E-state index contributed by atoms with van der Waals surface area (Å²) in [6.45, 7) is 6.59. The van der Waals surface area contributed by atoms with E-state index in [-0.39, 0.29) is 11.5 Å². The maximum atomic E-state index is 12.7. The number of rotatable bonds is 1. The van der Waals surface area contributed by atoms with E-state index in [0.29, 0.717) is 44.0 Å². The van der Waals surface area contributed by atoms with Crippen LogP contribution in [-0.2, 0) is 19.0 Å². The summed E-state index contributed by atoms with van der Waals surface area (Å²) in [6, 6.07) is 0. The minimum absolute atomic E-state index is 0.207. The van der Waals surface area contributed by atoms with Crippen molar-refractivity contribution >= 4 is 5.91 Å². The molecule has 0 N–H and O–H groups in total. The number of amides is 1. The third kappa shape index (κ3) is 2.48. The standard InChI is InChI=1S/C15H24N2O4/c1-16-2-4-19-10-15(8-16)9-17(3-5-21-15)14(18)13-11-6-20-7-12(11)13/h11-13H,2-10H2,1H3/t11-,12+,13?,15?. The Bertz CT molecular complexity index is 422. The van der Waals surface area contributed by atoms with Crippen LogP contribution in [0.2, 0.25) is 0 Å². The highest BCUT2D eigenvalue weighted by Gasteiger charge is 2.59. The lowest BCUT2D eigenvalue weighted by Gasteiger charge is -2.43. The molecule has 3 saturated heterocycles. The molecule has 1 aliphatic carbocycles. The predicted octanol–water partition coefficient (Wildman–Crippen LogP) is -0.562. The summed E-state index contributed by atoms with van der Waals surface area (Å²) in [6.07, 6.45) is 0. The number of hydrogen-bond acceptors (Lipinski definition) is 5. The van der Waals surface area contributed by atoms with E-state index in [0.717, 1.165) is 32.9 Å². The van der Waals surface area contributed by atoms with Gasteiger partial charge in [-0.2, -0.15) is 0 Å². The highest BCUT2D eigenvalue weighted by molar-refractivity contribution is 5.82. The molecule has 6 nitrogen and oxygen atoms in total. The molecule has 1 saturated carbocycles. The van der Waals surface area contributed by atoms with Crippen LogP contribution in [0.3, 0.4) is 0 Å². The van der Waals surface area contributed by atoms with Crippen molar-refractivity contribution < 1.29 is 19.0 Å². The van der Waals surface area contributed by atoms with Gasteiger partial charge in [-0.1, -0.05) is 0 Å². The van der Waals surface area contributed by atoms with Crippen LogP contribution >= 0.6 is 0 Å². The zero-order chi connectivity index (χ0) is 14.4. The van der Waals surface area contributed by atoms with Gasteiger partial charge in [0.25, 0.3) is 0 Å². The summed E-state index contributed by atoms with van der Waals surface area (Å²) in [7, 11) is 2.09. The lowest BCUT2D eigenvalue weighted by molar-refractivity contribution is -0.163. The van der Waals surface area contributed by atoms with E-state index in [1.165, 1.54) is 0 Å². The fraction of sp³-hybridized carbons (Fsp3) is 0.933. The van der Waals surface area contributed by atoms with Gasteiger partial charge in [-0.15, -0.1) is 0 Å². The van der Waals surface area contributed by atoms with Crippen molar-refractivity contribution in [2.45, 2.75) is 5.60 Å². The van der Waals surface area contributed by atoms with Crippen molar-refractivity contribution in [1.82, 2.24) is 9.80 Å². The van der Waals surface area contributed by atoms with Crippen LogP contribution in [0.15, 0.2) is 0 Å². The van der Waals surface area contributed by atoms with E-state index in [1.54, 1.807) is 0 Å². The van der Waals surface area contributed by atoms with Gasteiger partial charge in [0.1, 0.15) is 5.60 Å². The number of nitrogens with zero attached hydrogens (tertiary/aromatic N) is 2. The van der Waals surface area contributed by atoms with E-state index in [1.807, 2.05) is 4.90 Å². The van der Waals surface area contributed by atoms with Gasteiger partial charge >= 0.3 is 0 Å². The van der Waals surface area contributed by atoms with Gasteiger partial charge in [-0.05, 0) is 18.9 Å². The molecule has 3 heterocycles. The summed E-state index contributed by atoms with van der Waals surface area (Å²) in [5.74, 6) is 1.47. The van der Waals surface area contributed by atoms with E-state index < -0.39 is 0 Å². The Morgan fingerprint density at radius 2 is 1.90 bits per heavy atom. The molecule has 1 spiro atoms. The smallest absolute Gasteiger partial charge is 0.226 e. The predicted molar refractivity (Wildman–Crippen MR) is 74.9 cm³/mol. The minimum Gasteiger partial charge on any atom is -0.381 e. The van der Waals surface area contributed by atoms with Crippen LogP contribution in [0.1, 0.15) is 0 Å². The van der Waals surface area contributed by atoms with Crippen molar-refractivity contribution in [2.24, 2.45) is 17.8 Å². The first-order chi connectivity index (χ1) is 10.2. The highest BCUT2D eigenvalue weighted by atomic mass is 16.5. The molecule has 4 rings (SSSR count). The fourth-order valence-corrected chi connectivity index (χ4v) is 4.13. The molecule has 0 aromatic heterocycles. The van der Waals surface area contributed by atoms with Crippen molar-refractivity contribution in [1.29, 1.82) is 0 Å². The quantitative estimate of drug-likeness (QED) is 0.649. The van der Waals surface area contributed by atoms with E-state index in [4.69, 9.17) is 14.2 Å². The topological polar surface area (TPSA) is 51.2 Å². The minimum atomic E-state index is -0.348. The van der Waals surface area contributed by atoms with Gasteiger partial charge in [0.15, 0.2) is 0 Å². The molecule has 4 atom stereocenters. The molecule has 6 heteroatoms. The van der Waals surface area contributed by atoms with Gasteiger partial charge < -0.3 is 24.0 Å². The number of carbonyl (C=O) groups excluding carboxylic acids is 1. The van der Waals surface area contributed by atoms with Crippen molar-refractivity contribution in [2.75, 3.05) is 66.3 Å². The van der Waals surface area contributed by atoms with Crippen molar-refractivity contribution in [3.05, 3.63) is 0 Å². The van der Waals surface area contributed by atoms with Gasteiger partial charge in [0, 0.05) is 25.6 Å². The molecule has 21 heavy (non-hydrogen) atoms. The molecule has 0 aromatic carbocycles. The zero-order valence-electron chi connectivity index (χ0n) is 12.6. The third-order valence-electron chi connectivity index (χ3n) is 5.34. The second-order valence-electron chi connectivity index (χ2n) is 6.97. The highest BCUT2D eigenvalue weighted by Crippen LogP contribution is 2.51. The van der Waals surface area contributed by atoms with Gasteiger partial charge in [0.2, 0.25) is 5.91 Å². The summed E-state index contributed by atoms with van der Waals surface area (Å²) in [5.41, 5.74) is -0.348. The maximum absolute atomic E-state index is 12.7. The number of fused-ring (bicyclic) bond motifs is 1. The Morgan fingerprint density at radius 3 is 2.71 bits per heavy atom. The number of morpholine rings is 1. The van der Waals surface area contributed by atoms with E-state index in [2.05, 4.69) is 11.9 Å². The monoisotopic (exact) mass is 296 g/mol. The van der Waals surface area contributed by atoms with Crippen LogP contribution < -0.4 is 0 Å². The maximum Gasteiger partial charge on any atom is 0.226 e. The molecule has 0 aromatic rings.